The Balaban J connectivity index is 1.60. The third-order valence-corrected chi connectivity index (χ3v) is 5.16. The number of ether oxygens (including phenoxy) is 2. The van der Waals surface area contributed by atoms with Crippen molar-refractivity contribution in [2.75, 3.05) is 6.61 Å². The summed E-state index contributed by atoms with van der Waals surface area (Å²) in [7, 11) is 0. The maximum Gasteiger partial charge on any atom is 0.344 e. The topological polar surface area (TPSA) is 109 Å². The van der Waals surface area contributed by atoms with Gasteiger partial charge in [0.25, 0.3) is 0 Å². The van der Waals surface area contributed by atoms with Crippen LogP contribution in [0.5, 0.6) is 11.5 Å². The van der Waals surface area contributed by atoms with Crippen LogP contribution in [-0.2, 0) is 0 Å². The van der Waals surface area contributed by atoms with Gasteiger partial charge in [0.15, 0.2) is 11.3 Å². The lowest BCUT2D eigenvalue weighted by Gasteiger charge is -2.09. The summed E-state index contributed by atoms with van der Waals surface area (Å²) in [5.41, 5.74) is 0.0602. The first-order chi connectivity index (χ1) is 16.5. The number of esters is 1. The first kappa shape index (κ1) is 21.1. The van der Waals surface area contributed by atoms with Gasteiger partial charge in [0.05, 0.1) is 17.7 Å². The number of pyridine rings is 1. The molecule has 5 aromatic rings. The van der Waals surface area contributed by atoms with E-state index in [0.717, 1.165) is 0 Å². The molecule has 168 valence electrons. The zero-order valence-corrected chi connectivity index (χ0v) is 17.9. The maximum atomic E-state index is 12.9. The smallest absolute Gasteiger partial charge is 0.344 e. The Hall–Kier alpha value is -4.72. The molecule has 0 amide bonds. The highest BCUT2D eigenvalue weighted by Gasteiger charge is 2.17. The summed E-state index contributed by atoms with van der Waals surface area (Å²) in [6.07, 6.45) is 2.96. The van der Waals surface area contributed by atoms with E-state index >= 15 is 0 Å². The van der Waals surface area contributed by atoms with Gasteiger partial charge in [-0.2, -0.15) is 0 Å². The number of nitrogens with zero attached hydrogens (tertiary/aromatic N) is 1. The molecule has 0 bridgehead atoms. The molecule has 2 aromatic carbocycles. The van der Waals surface area contributed by atoms with Crippen molar-refractivity contribution in [2.24, 2.45) is 0 Å². The zero-order chi connectivity index (χ0) is 23.7. The van der Waals surface area contributed by atoms with Crippen LogP contribution in [0.1, 0.15) is 17.3 Å². The van der Waals surface area contributed by atoms with Crippen LogP contribution in [0.2, 0.25) is 0 Å². The van der Waals surface area contributed by atoms with Gasteiger partial charge in [-0.05, 0) is 43.3 Å². The molecule has 8 heteroatoms. The number of hydrogen-bond acceptors (Lipinski definition) is 8. The predicted molar refractivity (Wildman–Crippen MR) is 124 cm³/mol. The van der Waals surface area contributed by atoms with Crippen LogP contribution in [0.4, 0.5) is 0 Å². The molecule has 0 aliphatic rings. The summed E-state index contributed by atoms with van der Waals surface area (Å²) >= 11 is 0. The number of carbonyl (C=O) groups excluding carboxylic acids is 1. The quantitative estimate of drug-likeness (QED) is 0.215. The number of hydrogen-bond donors (Lipinski definition) is 0. The Kier molecular flexibility index (Phi) is 5.39. The van der Waals surface area contributed by atoms with Gasteiger partial charge < -0.3 is 18.3 Å². The average Bonchev–Trinajstić information content (AvgIpc) is 2.84. The molecule has 0 unspecified atom stereocenters. The van der Waals surface area contributed by atoms with Crippen LogP contribution in [0, 0.1) is 0 Å². The lowest BCUT2D eigenvalue weighted by atomic mass is 10.0. The summed E-state index contributed by atoms with van der Waals surface area (Å²) in [6.45, 7) is 2.26. The first-order valence-corrected chi connectivity index (χ1v) is 10.4. The van der Waals surface area contributed by atoms with Crippen LogP contribution in [0.3, 0.4) is 0 Å². The molecule has 0 spiro atoms. The molecule has 0 radical (unpaired) electrons. The fraction of sp³-hybridized carbons (Fsp3) is 0.0769. The van der Waals surface area contributed by atoms with E-state index in [1.807, 2.05) is 6.92 Å². The van der Waals surface area contributed by atoms with Crippen molar-refractivity contribution in [2.45, 2.75) is 6.92 Å². The fourth-order valence-corrected chi connectivity index (χ4v) is 3.66. The molecule has 0 aliphatic carbocycles. The molecule has 0 N–H and O–H groups in total. The van der Waals surface area contributed by atoms with Gasteiger partial charge in [-0.1, -0.05) is 12.1 Å². The minimum absolute atomic E-state index is 0.157. The average molecular weight is 455 g/mol. The minimum atomic E-state index is -0.664. The van der Waals surface area contributed by atoms with Gasteiger partial charge in [0, 0.05) is 40.9 Å². The molecule has 0 atom stereocenters. The van der Waals surface area contributed by atoms with E-state index < -0.39 is 17.2 Å². The second kappa shape index (κ2) is 8.67. The summed E-state index contributed by atoms with van der Waals surface area (Å²) in [5, 5.41) is 1.13. The lowest BCUT2D eigenvalue weighted by Crippen LogP contribution is -2.09. The van der Waals surface area contributed by atoms with Crippen molar-refractivity contribution < 1.29 is 23.1 Å². The molecule has 3 aromatic heterocycles. The van der Waals surface area contributed by atoms with E-state index in [4.69, 9.17) is 18.3 Å². The second-order valence-corrected chi connectivity index (χ2v) is 7.32. The van der Waals surface area contributed by atoms with Crippen molar-refractivity contribution in [3.63, 3.8) is 0 Å². The van der Waals surface area contributed by atoms with Gasteiger partial charge in [0.2, 0.25) is 0 Å². The molecule has 0 fully saturated rings. The molecular weight excluding hydrogens is 438 g/mol. The molecule has 3 heterocycles. The highest BCUT2D eigenvalue weighted by atomic mass is 16.5. The number of fused-ring (bicyclic) bond motifs is 2. The number of carbonyl (C=O) groups is 1. The number of para-hydroxylation sites is 1. The summed E-state index contributed by atoms with van der Waals surface area (Å²) < 4.78 is 21.8. The SMILES string of the molecule is CCOc1cccc2cc(-c3cc(=O)oc4cc(OC(=O)c5ccncc5)ccc34)c(=O)oc12. The molecule has 5 rings (SSSR count). The van der Waals surface area contributed by atoms with Crippen molar-refractivity contribution in [3.8, 4) is 22.6 Å². The number of benzene rings is 2. The van der Waals surface area contributed by atoms with Crippen molar-refractivity contribution in [3.05, 3.63) is 99.5 Å². The van der Waals surface area contributed by atoms with Crippen LogP contribution in [0.15, 0.2) is 91.5 Å². The van der Waals surface area contributed by atoms with Gasteiger partial charge in [-0.25, -0.2) is 14.4 Å². The molecule has 0 aliphatic heterocycles. The van der Waals surface area contributed by atoms with E-state index in [1.165, 1.54) is 36.7 Å². The Morgan fingerprint density at radius 1 is 0.941 bits per heavy atom. The van der Waals surface area contributed by atoms with Crippen molar-refractivity contribution in [1.29, 1.82) is 0 Å². The molecule has 0 saturated carbocycles. The van der Waals surface area contributed by atoms with E-state index in [0.29, 0.717) is 39.8 Å². The fourth-order valence-electron chi connectivity index (χ4n) is 3.66. The van der Waals surface area contributed by atoms with Crippen molar-refractivity contribution >= 4 is 27.9 Å². The van der Waals surface area contributed by atoms with Crippen LogP contribution in [-0.4, -0.2) is 17.6 Å². The van der Waals surface area contributed by atoms with E-state index in [9.17, 15) is 14.4 Å². The molecular formula is C26H17NO7. The van der Waals surface area contributed by atoms with E-state index in [2.05, 4.69) is 4.98 Å². The van der Waals surface area contributed by atoms with Gasteiger partial charge in [-0.15, -0.1) is 0 Å². The highest BCUT2D eigenvalue weighted by molar-refractivity contribution is 5.97. The summed E-state index contributed by atoms with van der Waals surface area (Å²) in [6, 6.07) is 15.8. The number of rotatable bonds is 5. The molecule has 8 nitrogen and oxygen atoms in total. The highest BCUT2D eigenvalue weighted by Crippen LogP contribution is 2.32. The van der Waals surface area contributed by atoms with Gasteiger partial charge in [-0.3, -0.25) is 4.98 Å². The third-order valence-electron chi connectivity index (χ3n) is 5.16. The maximum absolute atomic E-state index is 12.9. The minimum Gasteiger partial charge on any atom is -0.490 e. The van der Waals surface area contributed by atoms with Crippen molar-refractivity contribution in [1.82, 2.24) is 4.98 Å². The van der Waals surface area contributed by atoms with Crippen LogP contribution >= 0.6 is 0 Å². The van der Waals surface area contributed by atoms with E-state index in [-0.39, 0.29) is 16.9 Å². The Labute approximate surface area is 192 Å². The van der Waals surface area contributed by atoms with Crippen LogP contribution in [0.25, 0.3) is 33.1 Å². The lowest BCUT2D eigenvalue weighted by molar-refractivity contribution is 0.0735. The molecule has 34 heavy (non-hydrogen) atoms. The largest absolute Gasteiger partial charge is 0.490 e. The summed E-state index contributed by atoms with van der Waals surface area (Å²) in [4.78, 5) is 41.4. The number of aromatic nitrogens is 1. The predicted octanol–water partition coefficient (Wildman–Crippen LogP) is 4.58. The zero-order valence-electron chi connectivity index (χ0n) is 17.9. The van der Waals surface area contributed by atoms with Gasteiger partial charge >= 0.3 is 17.2 Å². The first-order valence-electron chi connectivity index (χ1n) is 10.4. The van der Waals surface area contributed by atoms with Gasteiger partial charge in [0.1, 0.15) is 11.3 Å². The monoisotopic (exact) mass is 455 g/mol. The molecule has 0 saturated heterocycles. The Bertz CT molecular complexity index is 1650. The Morgan fingerprint density at radius 3 is 2.56 bits per heavy atom. The standard InChI is InChI=1S/C26H17NO7/c1-2-31-21-5-3-4-16-12-20(26(30)34-24(16)21)19-14-23(28)33-22-13-17(6-7-18(19)22)32-25(29)15-8-10-27-11-9-15/h3-14H,2H2,1H3. The normalized spacial score (nSPS) is 11.0. The third kappa shape index (κ3) is 3.93. The van der Waals surface area contributed by atoms with Crippen LogP contribution < -0.4 is 20.7 Å². The van der Waals surface area contributed by atoms with E-state index in [1.54, 1.807) is 36.4 Å². The summed E-state index contributed by atoms with van der Waals surface area (Å²) in [5.74, 6) is 0.0591. The Morgan fingerprint density at radius 2 is 1.76 bits per heavy atom. The second-order valence-electron chi connectivity index (χ2n) is 7.32.